The van der Waals surface area contributed by atoms with E-state index < -0.39 is 0 Å². The molecule has 4 nitrogen and oxygen atoms in total. The van der Waals surface area contributed by atoms with Crippen molar-refractivity contribution in [1.82, 2.24) is 10.2 Å². The maximum absolute atomic E-state index is 13.0. The fourth-order valence-corrected chi connectivity index (χ4v) is 5.08. The molecule has 0 aliphatic carbocycles. The molecule has 3 aromatic rings. The normalized spacial score (nSPS) is 15.0. The van der Waals surface area contributed by atoms with E-state index in [0.717, 1.165) is 25.7 Å². The van der Waals surface area contributed by atoms with Crippen LogP contribution in [0.1, 0.15) is 28.1 Å². The van der Waals surface area contributed by atoms with Crippen LogP contribution in [0, 0.1) is 5.92 Å². The minimum Gasteiger partial charge on any atom is -0.351 e. The van der Waals surface area contributed by atoms with Crippen LogP contribution in [-0.4, -0.2) is 29.8 Å². The van der Waals surface area contributed by atoms with Crippen molar-refractivity contribution in [3.05, 3.63) is 68.8 Å². The van der Waals surface area contributed by atoms with Crippen molar-refractivity contribution in [2.24, 2.45) is 5.92 Å². The molecule has 1 N–H and O–H groups in total. The summed E-state index contributed by atoms with van der Waals surface area (Å²) in [5.74, 6) is 0.112. The van der Waals surface area contributed by atoms with Gasteiger partial charge in [-0.1, -0.05) is 36.4 Å². The van der Waals surface area contributed by atoms with Gasteiger partial charge < -0.3 is 10.2 Å². The number of benzene rings is 2. The van der Waals surface area contributed by atoms with Crippen molar-refractivity contribution in [2.45, 2.75) is 19.4 Å². The minimum atomic E-state index is -0.0278. The zero-order valence-electron chi connectivity index (χ0n) is 15.4. The highest BCUT2D eigenvalue weighted by Gasteiger charge is 2.28. The molecule has 6 heteroatoms. The number of likely N-dealkylation sites (tertiary alicyclic amines) is 1. The Morgan fingerprint density at radius 3 is 2.61 bits per heavy atom. The third kappa shape index (κ3) is 4.13. The molecule has 2 heterocycles. The van der Waals surface area contributed by atoms with E-state index in [1.165, 1.54) is 0 Å². The number of carbonyl (C=O) groups excluding carboxylic acids is 2. The molecular formula is C22H21BrN2O2S. The highest BCUT2D eigenvalue weighted by molar-refractivity contribution is 9.10. The maximum Gasteiger partial charge on any atom is 0.254 e. The molecule has 2 amide bonds. The molecule has 28 heavy (non-hydrogen) atoms. The number of thiophene rings is 1. The van der Waals surface area contributed by atoms with Crippen LogP contribution in [0.25, 0.3) is 10.8 Å². The number of fused-ring (bicyclic) bond motifs is 1. The zero-order valence-corrected chi connectivity index (χ0v) is 17.8. The molecule has 1 saturated heterocycles. The van der Waals surface area contributed by atoms with Gasteiger partial charge in [-0.15, -0.1) is 11.3 Å². The lowest BCUT2D eigenvalue weighted by Crippen LogP contribution is -2.42. The van der Waals surface area contributed by atoms with Crippen molar-refractivity contribution in [3.8, 4) is 0 Å². The standard InChI is InChI=1S/C22H21BrN2O2S/c23-17-12-18(28-14-17)13-24-21(26)16-8-10-25(11-9-16)22(27)20-7-3-5-15-4-1-2-6-19(15)20/h1-7,12,14,16H,8-11,13H2,(H,24,26). The SMILES string of the molecule is O=C(NCc1cc(Br)cs1)C1CCN(C(=O)c2cccc3ccccc23)CC1. The van der Waals surface area contributed by atoms with Gasteiger partial charge in [0.15, 0.2) is 0 Å². The van der Waals surface area contributed by atoms with Crippen molar-refractivity contribution in [3.63, 3.8) is 0 Å². The van der Waals surface area contributed by atoms with E-state index in [4.69, 9.17) is 0 Å². The van der Waals surface area contributed by atoms with Crippen LogP contribution >= 0.6 is 27.3 Å². The number of nitrogens with zero attached hydrogens (tertiary/aromatic N) is 1. The summed E-state index contributed by atoms with van der Waals surface area (Å²) in [6.07, 6.45) is 1.41. The summed E-state index contributed by atoms with van der Waals surface area (Å²) in [7, 11) is 0. The Morgan fingerprint density at radius 2 is 1.86 bits per heavy atom. The Hall–Kier alpha value is -2.18. The number of hydrogen-bond acceptors (Lipinski definition) is 3. The van der Waals surface area contributed by atoms with Crippen molar-refractivity contribution >= 4 is 49.9 Å². The molecule has 0 atom stereocenters. The first-order chi connectivity index (χ1) is 13.6. The second-order valence-corrected chi connectivity index (χ2v) is 8.95. The fourth-order valence-electron chi connectivity index (χ4n) is 3.69. The topological polar surface area (TPSA) is 49.4 Å². The molecule has 0 saturated carbocycles. The molecule has 1 fully saturated rings. The predicted molar refractivity (Wildman–Crippen MR) is 116 cm³/mol. The lowest BCUT2D eigenvalue weighted by Gasteiger charge is -2.31. The number of amides is 2. The van der Waals surface area contributed by atoms with E-state index in [-0.39, 0.29) is 17.7 Å². The Balaban J connectivity index is 1.35. The largest absolute Gasteiger partial charge is 0.351 e. The van der Waals surface area contributed by atoms with Gasteiger partial charge >= 0.3 is 0 Å². The van der Waals surface area contributed by atoms with Crippen LogP contribution in [0.4, 0.5) is 0 Å². The van der Waals surface area contributed by atoms with Gasteiger partial charge in [-0.25, -0.2) is 0 Å². The van der Waals surface area contributed by atoms with Crippen LogP contribution in [0.3, 0.4) is 0 Å². The first kappa shape index (κ1) is 19.2. The Labute approximate surface area is 176 Å². The van der Waals surface area contributed by atoms with Gasteiger partial charge in [0.25, 0.3) is 5.91 Å². The molecule has 1 aliphatic rings. The Bertz CT molecular complexity index is 1000. The second-order valence-electron chi connectivity index (χ2n) is 7.04. The Morgan fingerprint density at radius 1 is 1.11 bits per heavy atom. The highest BCUT2D eigenvalue weighted by atomic mass is 79.9. The van der Waals surface area contributed by atoms with Crippen LogP contribution in [0.5, 0.6) is 0 Å². The van der Waals surface area contributed by atoms with Gasteiger partial charge in [0.1, 0.15) is 0 Å². The Kier molecular flexibility index (Phi) is 5.78. The summed E-state index contributed by atoms with van der Waals surface area (Å²) in [4.78, 5) is 28.5. The van der Waals surface area contributed by atoms with Crippen molar-refractivity contribution in [2.75, 3.05) is 13.1 Å². The first-order valence-electron chi connectivity index (χ1n) is 9.39. The fraction of sp³-hybridized carbons (Fsp3) is 0.273. The van der Waals surface area contributed by atoms with Gasteiger partial charge in [0.2, 0.25) is 5.91 Å². The molecule has 0 unspecified atom stereocenters. The van der Waals surface area contributed by atoms with Crippen molar-refractivity contribution < 1.29 is 9.59 Å². The highest BCUT2D eigenvalue weighted by Crippen LogP contribution is 2.24. The monoisotopic (exact) mass is 456 g/mol. The quantitative estimate of drug-likeness (QED) is 0.610. The molecule has 2 aromatic carbocycles. The lowest BCUT2D eigenvalue weighted by atomic mass is 9.95. The number of carbonyl (C=O) groups is 2. The summed E-state index contributed by atoms with van der Waals surface area (Å²) in [5, 5.41) is 7.10. The summed E-state index contributed by atoms with van der Waals surface area (Å²) in [6, 6.07) is 15.8. The average Bonchev–Trinajstić information content (AvgIpc) is 3.16. The minimum absolute atomic E-state index is 0.0278. The molecular weight excluding hydrogens is 436 g/mol. The summed E-state index contributed by atoms with van der Waals surface area (Å²) < 4.78 is 1.04. The maximum atomic E-state index is 13.0. The molecule has 1 aliphatic heterocycles. The lowest BCUT2D eigenvalue weighted by molar-refractivity contribution is -0.126. The van der Waals surface area contributed by atoms with E-state index in [1.54, 1.807) is 11.3 Å². The average molecular weight is 457 g/mol. The first-order valence-corrected chi connectivity index (χ1v) is 11.1. The van der Waals surface area contributed by atoms with Crippen LogP contribution in [0.2, 0.25) is 0 Å². The van der Waals surface area contributed by atoms with E-state index >= 15 is 0 Å². The summed E-state index contributed by atoms with van der Waals surface area (Å²) in [6.45, 7) is 1.79. The number of rotatable bonds is 4. The number of hydrogen-bond donors (Lipinski definition) is 1. The second kappa shape index (κ2) is 8.45. The van der Waals surface area contributed by atoms with Crippen LogP contribution in [0.15, 0.2) is 58.4 Å². The molecule has 0 bridgehead atoms. The number of piperidine rings is 1. The van der Waals surface area contributed by atoms with E-state index in [1.807, 2.05) is 58.8 Å². The molecule has 4 rings (SSSR count). The van der Waals surface area contributed by atoms with Gasteiger partial charge in [-0.05, 0) is 51.7 Å². The van der Waals surface area contributed by atoms with Gasteiger partial charge in [0, 0.05) is 39.3 Å². The van der Waals surface area contributed by atoms with Gasteiger partial charge in [0.05, 0.1) is 6.54 Å². The molecule has 0 radical (unpaired) electrons. The predicted octanol–water partition coefficient (Wildman–Crippen LogP) is 4.83. The number of halogens is 1. The smallest absolute Gasteiger partial charge is 0.254 e. The van der Waals surface area contributed by atoms with Crippen molar-refractivity contribution in [1.29, 1.82) is 0 Å². The zero-order chi connectivity index (χ0) is 19.5. The number of nitrogens with one attached hydrogen (secondary N) is 1. The summed E-state index contributed by atoms with van der Waals surface area (Å²) in [5.41, 5.74) is 0.740. The third-order valence-corrected chi connectivity index (χ3v) is 6.93. The summed E-state index contributed by atoms with van der Waals surface area (Å²) >= 11 is 5.06. The van der Waals surface area contributed by atoms with Gasteiger partial charge in [-0.2, -0.15) is 0 Å². The third-order valence-electron chi connectivity index (χ3n) is 5.23. The molecule has 1 aromatic heterocycles. The van der Waals surface area contributed by atoms with Crippen LogP contribution in [-0.2, 0) is 11.3 Å². The van der Waals surface area contributed by atoms with E-state index in [9.17, 15) is 9.59 Å². The molecule has 144 valence electrons. The van der Waals surface area contributed by atoms with E-state index in [0.29, 0.717) is 32.5 Å². The van der Waals surface area contributed by atoms with Crippen LogP contribution < -0.4 is 5.32 Å². The molecule has 0 spiro atoms. The van der Waals surface area contributed by atoms with E-state index in [2.05, 4.69) is 21.2 Å². The van der Waals surface area contributed by atoms with Gasteiger partial charge in [-0.3, -0.25) is 9.59 Å².